The van der Waals surface area contributed by atoms with E-state index in [2.05, 4.69) is 19.0 Å². The van der Waals surface area contributed by atoms with Gasteiger partial charge in [-0.1, -0.05) is 38.8 Å². The molecule has 0 spiro atoms. The molecule has 15 heavy (non-hydrogen) atoms. The summed E-state index contributed by atoms with van der Waals surface area (Å²) in [6.07, 6.45) is 4.87. The predicted octanol–water partition coefficient (Wildman–Crippen LogP) is 2.94. The second kappa shape index (κ2) is 5.89. The highest BCUT2D eigenvalue weighted by molar-refractivity contribution is 6.40. The standard InChI is InChI=1S/C12H21NO2/c1-4-6-7-8-10(14)12-9(3)11(5-2)15-13-12/h9,11H,4-8H2,1-3H3. The van der Waals surface area contributed by atoms with Crippen molar-refractivity contribution >= 4 is 11.5 Å². The van der Waals surface area contributed by atoms with Crippen molar-refractivity contribution in [1.82, 2.24) is 0 Å². The zero-order valence-electron chi connectivity index (χ0n) is 9.95. The fourth-order valence-corrected chi connectivity index (χ4v) is 1.87. The minimum atomic E-state index is 0.107. The molecule has 0 aromatic rings. The van der Waals surface area contributed by atoms with Gasteiger partial charge in [-0.25, -0.2) is 0 Å². The highest BCUT2D eigenvalue weighted by atomic mass is 16.6. The summed E-state index contributed by atoms with van der Waals surface area (Å²) in [5, 5.41) is 3.91. The Bertz CT molecular complexity index is 248. The lowest BCUT2D eigenvalue weighted by Crippen LogP contribution is -2.25. The van der Waals surface area contributed by atoms with Crippen LogP contribution in [0.4, 0.5) is 0 Å². The molecule has 0 aliphatic carbocycles. The van der Waals surface area contributed by atoms with Gasteiger partial charge in [-0.05, 0) is 12.8 Å². The Morgan fingerprint density at radius 2 is 2.13 bits per heavy atom. The largest absolute Gasteiger partial charge is 0.391 e. The van der Waals surface area contributed by atoms with E-state index in [1.807, 2.05) is 6.92 Å². The number of Topliss-reactive ketones (excluding diaryl/α,β-unsaturated/α-hetero) is 1. The van der Waals surface area contributed by atoms with Crippen molar-refractivity contribution in [2.24, 2.45) is 11.1 Å². The average molecular weight is 211 g/mol. The van der Waals surface area contributed by atoms with Crippen molar-refractivity contribution in [3.8, 4) is 0 Å². The first kappa shape index (κ1) is 12.2. The van der Waals surface area contributed by atoms with Crippen LogP contribution in [0.25, 0.3) is 0 Å². The molecule has 0 fully saturated rings. The number of rotatable bonds is 6. The van der Waals surface area contributed by atoms with Gasteiger partial charge in [-0.2, -0.15) is 0 Å². The Morgan fingerprint density at radius 1 is 1.40 bits per heavy atom. The van der Waals surface area contributed by atoms with E-state index in [0.29, 0.717) is 12.1 Å². The van der Waals surface area contributed by atoms with Crippen molar-refractivity contribution in [3.63, 3.8) is 0 Å². The lowest BCUT2D eigenvalue weighted by molar-refractivity contribution is -0.113. The van der Waals surface area contributed by atoms with Gasteiger partial charge >= 0.3 is 0 Å². The SMILES string of the molecule is CCCCCC(=O)C1=NOC(CC)C1C. The molecule has 2 atom stereocenters. The molecule has 0 saturated carbocycles. The quantitative estimate of drug-likeness (QED) is 0.633. The molecule has 0 bridgehead atoms. The smallest absolute Gasteiger partial charge is 0.180 e. The number of nitrogens with zero attached hydrogens (tertiary/aromatic N) is 1. The highest BCUT2D eigenvalue weighted by Gasteiger charge is 2.32. The van der Waals surface area contributed by atoms with E-state index < -0.39 is 0 Å². The number of carbonyl (C=O) groups excluding carboxylic acids is 1. The van der Waals surface area contributed by atoms with Gasteiger partial charge in [-0.3, -0.25) is 4.79 Å². The van der Waals surface area contributed by atoms with Crippen molar-refractivity contribution in [2.45, 2.75) is 59.0 Å². The summed E-state index contributed by atoms with van der Waals surface area (Å²) >= 11 is 0. The van der Waals surface area contributed by atoms with E-state index in [-0.39, 0.29) is 17.8 Å². The van der Waals surface area contributed by atoms with Crippen LogP contribution in [0.1, 0.15) is 52.9 Å². The van der Waals surface area contributed by atoms with Crippen molar-refractivity contribution in [2.75, 3.05) is 0 Å². The Balaban J connectivity index is 2.40. The number of oxime groups is 1. The normalized spacial score (nSPS) is 24.9. The Kier molecular flexibility index (Phi) is 4.79. The third kappa shape index (κ3) is 3.05. The van der Waals surface area contributed by atoms with E-state index in [0.717, 1.165) is 25.7 Å². The Labute approximate surface area is 91.9 Å². The van der Waals surface area contributed by atoms with E-state index in [9.17, 15) is 4.79 Å². The summed E-state index contributed by atoms with van der Waals surface area (Å²) in [6, 6.07) is 0. The number of hydrogen-bond acceptors (Lipinski definition) is 3. The van der Waals surface area contributed by atoms with Gasteiger partial charge in [-0.15, -0.1) is 0 Å². The van der Waals surface area contributed by atoms with Crippen molar-refractivity contribution in [1.29, 1.82) is 0 Å². The summed E-state index contributed by atoms with van der Waals surface area (Å²) in [5.74, 6) is 0.344. The molecule has 3 nitrogen and oxygen atoms in total. The van der Waals surface area contributed by atoms with Gasteiger partial charge in [0, 0.05) is 12.3 Å². The van der Waals surface area contributed by atoms with Gasteiger partial charge in [0.05, 0.1) is 0 Å². The molecule has 0 saturated heterocycles. The lowest BCUT2D eigenvalue weighted by Gasteiger charge is -2.10. The second-order valence-corrected chi connectivity index (χ2v) is 4.20. The topological polar surface area (TPSA) is 38.7 Å². The third-order valence-corrected chi connectivity index (χ3v) is 2.97. The maximum absolute atomic E-state index is 11.8. The molecule has 1 aliphatic heterocycles. The van der Waals surface area contributed by atoms with Crippen LogP contribution in [-0.2, 0) is 9.63 Å². The van der Waals surface area contributed by atoms with Crippen LogP contribution in [0.15, 0.2) is 5.16 Å². The number of carbonyl (C=O) groups is 1. The maximum atomic E-state index is 11.8. The molecule has 0 N–H and O–H groups in total. The van der Waals surface area contributed by atoms with Gasteiger partial charge in [0.25, 0.3) is 0 Å². The number of ketones is 1. The molecule has 0 amide bonds. The Hall–Kier alpha value is -0.860. The highest BCUT2D eigenvalue weighted by Crippen LogP contribution is 2.22. The molecule has 0 aromatic heterocycles. The summed E-state index contributed by atoms with van der Waals surface area (Å²) in [5.41, 5.74) is 0.651. The van der Waals surface area contributed by atoms with Gasteiger partial charge in [0.2, 0.25) is 0 Å². The van der Waals surface area contributed by atoms with E-state index in [1.165, 1.54) is 0 Å². The number of unbranched alkanes of at least 4 members (excludes halogenated alkanes) is 2. The van der Waals surface area contributed by atoms with Crippen LogP contribution in [0.2, 0.25) is 0 Å². The molecule has 0 aromatic carbocycles. The summed E-state index contributed by atoms with van der Waals surface area (Å²) < 4.78 is 0. The average Bonchev–Trinajstić information content (AvgIpc) is 2.60. The van der Waals surface area contributed by atoms with Gasteiger partial charge in [0.1, 0.15) is 11.8 Å². The first-order valence-corrected chi connectivity index (χ1v) is 5.97. The van der Waals surface area contributed by atoms with E-state index in [1.54, 1.807) is 0 Å². The van der Waals surface area contributed by atoms with E-state index >= 15 is 0 Å². The molecular weight excluding hydrogens is 190 g/mol. The van der Waals surface area contributed by atoms with Crippen LogP contribution < -0.4 is 0 Å². The fraction of sp³-hybridized carbons (Fsp3) is 0.833. The molecular formula is C12H21NO2. The zero-order valence-corrected chi connectivity index (χ0v) is 9.95. The summed E-state index contributed by atoms with van der Waals surface area (Å²) in [4.78, 5) is 17.0. The fourth-order valence-electron chi connectivity index (χ4n) is 1.87. The summed E-state index contributed by atoms with van der Waals surface area (Å²) in [6.45, 7) is 6.22. The van der Waals surface area contributed by atoms with Crippen molar-refractivity contribution in [3.05, 3.63) is 0 Å². The minimum absolute atomic E-state index is 0.107. The molecule has 1 aliphatic rings. The third-order valence-electron chi connectivity index (χ3n) is 2.97. The van der Waals surface area contributed by atoms with Crippen molar-refractivity contribution < 1.29 is 9.63 Å². The van der Waals surface area contributed by atoms with Crippen LogP contribution >= 0.6 is 0 Å². The summed E-state index contributed by atoms with van der Waals surface area (Å²) in [7, 11) is 0. The monoisotopic (exact) mass is 211 g/mol. The Morgan fingerprint density at radius 3 is 2.67 bits per heavy atom. The van der Waals surface area contributed by atoms with Crippen LogP contribution in [-0.4, -0.2) is 17.6 Å². The van der Waals surface area contributed by atoms with Crippen LogP contribution in [0.3, 0.4) is 0 Å². The first-order chi connectivity index (χ1) is 7.20. The molecule has 1 rings (SSSR count). The molecule has 2 unspecified atom stereocenters. The van der Waals surface area contributed by atoms with Crippen LogP contribution in [0.5, 0.6) is 0 Å². The molecule has 0 radical (unpaired) electrons. The first-order valence-electron chi connectivity index (χ1n) is 5.97. The number of hydrogen-bond donors (Lipinski definition) is 0. The van der Waals surface area contributed by atoms with Crippen LogP contribution in [0, 0.1) is 5.92 Å². The second-order valence-electron chi connectivity index (χ2n) is 4.20. The molecule has 1 heterocycles. The maximum Gasteiger partial charge on any atom is 0.180 e. The van der Waals surface area contributed by atoms with Gasteiger partial charge < -0.3 is 4.84 Å². The predicted molar refractivity (Wildman–Crippen MR) is 60.9 cm³/mol. The van der Waals surface area contributed by atoms with E-state index in [4.69, 9.17) is 4.84 Å². The molecule has 86 valence electrons. The molecule has 3 heteroatoms. The minimum Gasteiger partial charge on any atom is -0.391 e. The zero-order chi connectivity index (χ0) is 11.3. The van der Waals surface area contributed by atoms with Gasteiger partial charge in [0.15, 0.2) is 5.78 Å². The lowest BCUT2D eigenvalue weighted by atomic mass is 9.93.